The fraction of sp³-hybridized carbons (Fsp3) is 0.925. The van der Waals surface area contributed by atoms with E-state index in [1.807, 2.05) is 0 Å². The lowest BCUT2D eigenvalue weighted by Crippen LogP contribution is -2.67. The van der Waals surface area contributed by atoms with E-state index < -0.39 is 159 Å². The summed E-state index contributed by atoms with van der Waals surface area (Å²) in [6.45, 7) is 16.1. The molecule has 9 rings (SSSR count). The molecule has 4 saturated heterocycles. The summed E-state index contributed by atoms with van der Waals surface area (Å²) in [7, 11) is 0. The van der Waals surface area contributed by atoms with E-state index in [1.165, 1.54) is 12.5 Å². The summed E-state index contributed by atoms with van der Waals surface area (Å²) in [6.07, 6.45) is -22.8. The number of aliphatic hydroxyl groups excluding tert-OH is 11. The second-order valence-corrected chi connectivity index (χ2v) is 25.8. The van der Waals surface area contributed by atoms with Gasteiger partial charge in [0.1, 0.15) is 79.4 Å². The first-order valence-corrected chi connectivity index (χ1v) is 27.1. The molecule has 22 nitrogen and oxygen atoms in total. The van der Waals surface area contributed by atoms with Crippen LogP contribution in [0.4, 0.5) is 0 Å². The summed E-state index contributed by atoms with van der Waals surface area (Å²) in [6, 6.07) is 0. The molecule has 4 aliphatic heterocycles. The molecule has 5 aliphatic carbocycles. The van der Waals surface area contributed by atoms with Gasteiger partial charge in [0.15, 0.2) is 25.0 Å². The third-order valence-corrected chi connectivity index (χ3v) is 21.0. The molecule has 0 bridgehead atoms. The monoisotopic (exact) mass is 1070 g/mol. The van der Waals surface area contributed by atoms with Crippen molar-refractivity contribution in [1.82, 2.24) is 0 Å². The van der Waals surface area contributed by atoms with Crippen LogP contribution < -0.4 is 0 Å². The quantitative estimate of drug-likeness (QED) is 0.0761. The number of aliphatic carboxylic acids is 1. The highest BCUT2D eigenvalue weighted by Crippen LogP contribution is 2.76. The van der Waals surface area contributed by atoms with E-state index in [4.69, 9.17) is 37.9 Å². The lowest BCUT2D eigenvalue weighted by molar-refractivity contribution is -0.381. The van der Waals surface area contributed by atoms with Crippen molar-refractivity contribution in [3.05, 3.63) is 11.6 Å². The number of carboxylic acids is 1. The van der Waals surface area contributed by atoms with Crippen molar-refractivity contribution in [3.63, 3.8) is 0 Å². The van der Waals surface area contributed by atoms with E-state index in [-0.39, 0.29) is 39.4 Å². The minimum absolute atomic E-state index is 0.0855. The first kappa shape index (κ1) is 57.6. The first-order valence-electron chi connectivity index (χ1n) is 27.1. The third kappa shape index (κ3) is 9.36. The summed E-state index contributed by atoms with van der Waals surface area (Å²) < 4.78 is 47.1. The smallest absolute Gasteiger partial charge is 0.335 e. The Morgan fingerprint density at radius 2 is 1.28 bits per heavy atom. The highest BCUT2D eigenvalue weighted by Gasteiger charge is 2.70. The lowest BCUT2D eigenvalue weighted by Gasteiger charge is -2.71. The number of carboxylic acid groups (broad SMARTS) is 1. The molecule has 0 amide bonds. The van der Waals surface area contributed by atoms with E-state index in [0.29, 0.717) is 25.7 Å². The molecule has 12 N–H and O–H groups in total. The molecule has 75 heavy (non-hydrogen) atoms. The number of fused-ring (bicyclic) bond motifs is 7. The highest BCUT2D eigenvalue weighted by atomic mass is 16.8. The summed E-state index contributed by atoms with van der Waals surface area (Å²) in [5.41, 5.74) is -1.07. The average molecular weight is 1070 g/mol. The number of rotatable bonds is 10. The number of ether oxygens (including phenoxy) is 8. The molecular formula is C53H84O22. The normalized spacial score (nSPS) is 53.5. The molecule has 22 heteroatoms. The molecule has 4 saturated carbocycles. The van der Waals surface area contributed by atoms with Gasteiger partial charge in [0, 0.05) is 0 Å². The predicted octanol–water partition coefficient (Wildman–Crippen LogP) is -0.276. The van der Waals surface area contributed by atoms with Gasteiger partial charge in [-0.3, -0.25) is 4.79 Å². The molecule has 22 unspecified atom stereocenters. The van der Waals surface area contributed by atoms with E-state index >= 15 is 0 Å². The van der Waals surface area contributed by atoms with Gasteiger partial charge in [-0.25, -0.2) is 4.79 Å². The van der Waals surface area contributed by atoms with Crippen molar-refractivity contribution in [2.45, 2.75) is 242 Å². The molecule has 8 fully saturated rings. The van der Waals surface area contributed by atoms with Crippen LogP contribution in [0.15, 0.2) is 11.6 Å². The second kappa shape index (κ2) is 20.5. The zero-order valence-electron chi connectivity index (χ0n) is 44.3. The van der Waals surface area contributed by atoms with E-state index in [1.54, 1.807) is 0 Å². The maximum Gasteiger partial charge on any atom is 0.335 e. The lowest BCUT2D eigenvalue weighted by atomic mass is 9.33. The van der Waals surface area contributed by atoms with Crippen LogP contribution in [-0.2, 0) is 47.5 Å². The van der Waals surface area contributed by atoms with Gasteiger partial charge in [0.05, 0.1) is 30.8 Å². The first-order chi connectivity index (χ1) is 35.0. The SMILES string of the molecule is CC1OC(OC2C(C(=O)O)OC(O[C@H]3CC[C@@]4(C)C(CC[C@]5(C)C4CC=C4C6CC(C)(C)CC[C@]6(C(=O)OC6OC(CO)C(O)C(O)C6O)CC[C@]45C)C3(C)C)C(O)C2O)C(OC2OCC(O)C(O)C2O)C(O)C1O. The van der Waals surface area contributed by atoms with E-state index in [9.17, 15) is 70.9 Å². The van der Waals surface area contributed by atoms with Gasteiger partial charge in [-0.05, 0) is 116 Å². The van der Waals surface area contributed by atoms with Crippen LogP contribution in [0, 0.1) is 50.2 Å². The minimum Gasteiger partial charge on any atom is -0.479 e. The van der Waals surface area contributed by atoms with Gasteiger partial charge in [0.25, 0.3) is 0 Å². The number of allylic oxidation sites excluding steroid dienone is 2. The highest BCUT2D eigenvalue weighted by molar-refractivity contribution is 5.79. The van der Waals surface area contributed by atoms with Crippen LogP contribution in [-0.4, -0.2) is 209 Å². The Hall–Kier alpha value is -2.04. The van der Waals surface area contributed by atoms with Crippen LogP contribution in [0.2, 0.25) is 0 Å². The molecule has 27 atom stereocenters. The number of hydrogen-bond acceptors (Lipinski definition) is 21. The molecule has 9 aliphatic rings. The minimum atomic E-state index is -1.96. The Bertz CT molecular complexity index is 2120. The number of aliphatic hydroxyl groups is 11. The van der Waals surface area contributed by atoms with Crippen molar-refractivity contribution in [3.8, 4) is 0 Å². The summed E-state index contributed by atoms with van der Waals surface area (Å²) >= 11 is 0. The van der Waals surface area contributed by atoms with Crippen molar-refractivity contribution in [1.29, 1.82) is 0 Å². The summed E-state index contributed by atoms with van der Waals surface area (Å²) in [5.74, 6) is -1.98. The summed E-state index contributed by atoms with van der Waals surface area (Å²) in [5, 5.41) is 128. The zero-order chi connectivity index (χ0) is 54.9. The molecular weight excluding hydrogens is 989 g/mol. The van der Waals surface area contributed by atoms with Crippen molar-refractivity contribution in [2.75, 3.05) is 13.2 Å². The van der Waals surface area contributed by atoms with Crippen LogP contribution in [0.3, 0.4) is 0 Å². The van der Waals surface area contributed by atoms with Gasteiger partial charge < -0.3 is 99.2 Å². The Labute approximate surface area is 437 Å². The number of carbonyl (C=O) groups is 2. The van der Waals surface area contributed by atoms with Crippen LogP contribution in [0.25, 0.3) is 0 Å². The van der Waals surface area contributed by atoms with Gasteiger partial charge in [-0.2, -0.15) is 0 Å². The molecule has 0 aromatic carbocycles. The molecule has 0 aromatic heterocycles. The average Bonchev–Trinajstić information content (AvgIpc) is 3.35. The Morgan fingerprint density at radius 1 is 0.640 bits per heavy atom. The molecule has 0 aromatic rings. The second-order valence-electron chi connectivity index (χ2n) is 25.8. The topological polar surface area (TPSA) is 351 Å². The fourth-order valence-corrected chi connectivity index (χ4v) is 16.1. The fourth-order valence-electron chi connectivity index (χ4n) is 16.1. The number of hydrogen-bond donors (Lipinski definition) is 12. The van der Waals surface area contributed by atoms with Gasteiger partial charge in [0.2, 0.25) is 6.29 Å². The largest absolute Gasteiger partial charge is 0.479 e. The van der Waals surface area contributed by atoms with Crippen molar-refractivity contribution in [2.24, 2.45) is 50.2 Å². The molecule has 0 radical (unpaired) electrons. The molecule has 4 heterocycles. The van der Waals surface area contributed by atoms with Gasteiger partial charge in [-0.1, -0.05) is 60.1 Å². The Kier molecular flexibility index (Phi) is 15.8. The predicted molar refractivity (Wildman–Crippen MR) is 256 cm³/mol. The van der Waals surface area contributed by atoms with Gasteiger partial charge >= 0.3 is 11.9 Å². The number of carbonyl (C=O) groups excluding carboxylic acids is 1. The summed E-state index contributed by atoms with van der Waals surface area (Å²) in [4.78, 5) is 27.7. The maximum absolute atomic E-state index is 14.7. The van der Waals surface area contributed by atoms with Crippen LogP contribution >= 0.6 is 0 Å². The Balaban J connectivity index is 0.915. The number of esters is 1. The van der Waals surface area contributed by atoms with Crippen molar-refractivity contribution < 1.29 is 109 Å². The standard InChI is InChI=1S/C53H84O22/c1-22-30(56)34(60)40(73-43-36(62)31(57)25(55)21-68-43)46(69-22)72-39-35(61)38(64)45(74-41(39)42(65)66)71-29-12-13-50(6)27(49(29,4)5)11-14-52(8)28(50)10-9-23-24-19-48(2,3)15-17-53(24,18-16-51(23,52)7)47(67)75-44-37(63)33(59)32(58)26(20-54)70-44/h9,22,24-41,43-46,54-64H,10-21H2,1-8H3,(H,65,66)/t22?,24?,25?,26?,27?,28?,29-,30?,31?,32?,33?,34?,35?,36?,37?,38?,39?,40?,41?,43?,44?,45?,46?,50-,51+,52+,53-/m0/s1. The molecule has 428 valence electrons. The Morgan fingerprint density at radius 3 is 1.96 bits per heavy atom. The van der Waals surface area contributed by atoms with Gasteiger partial charge in [-0.15, -0.1) is 0 Å². The van der Waals surface area contributed by atoms with Crippen LogP contribution in [0.5, 0.6) is 0 Å². The van der Waals surface area contributed by atoms with Crippen LogP contribution in [0.1, 0.15) is 120 Å². The zero-order valence-corrected chi connectivity index (χ0v) is 44.3. The molecule has 0 spiro atoms. The van der Waals surface area contributed by atoms with E-state index in [0.717, 1.165) is 38.5 Å². The van der Waals surface area contributed by atoms with E-state index in [2.05, 4.69) is 54.5 Å². The third-order valence-electron chi connectivity index (χ3n) is 21.0. The maximum atomic E-state index is 14.7. The van der Waals surface area contributed by atoms with Crippen molar-refractivity contribution >= 4 is 11.9 Å².